The zero-order chi connectivity index (χ0) is 22.5. The van der Waals surface area contributed by atoms with Crippen molar-refractivity contribution in [3.63, 3.8) is 0 Å². The fourth-order valence-corrected chi connectivity index (χ4v) is 2.71. The molecule has 1 aliphatic heterocycles. The normalized spacial score (nSPS) is 14.3. The van der Waals surface area contributed by atoms with Crippen molar-refractivity contribution in [3.05, 3.63) is 63.2 Å². The summed E-state index contributed by atoms with van der Waals surface area (Å²) in [5, 5.41) is 13.5. The van der Waals surface area contributed by atoms with Crippen molar-refractivity contribution in [2.24, 2.45) is 0 Å². The summed E-state index contributed by atoms with van der Waals surface area (Å²) in [6, 6.07) is 5.82. The van der Waals surface area contributed by atoms with E-state index in [0.29, 0.717) is 0 Å². The van der Waals surface area contributed by atoms with Crippen LogP contribution in [0.5, 0.6) is 5.75 Å². The van der Waals surface area contributed by atoms with E-state index in [1.54, 1.807) is 0 Å². The average Bonchev–Trinajstić information content (AvgIpc) is 3.32. The van der Waals surface area contributed by atoms with E-state index in [1.165, 1.54) is 43.5 Å². The average molecular weight is 425 g/mol. The highest BCUT2D eigenvalue weighted by Gasteiger charge is 2.34. The molecule has 3 amide bonds. The van der Waals surface area contributed by atoms with Gasteiger partial charge in [0, 0.05) is 17.7 Å². The van der Waals surface area contributed by atoms with Crippen LogP contribution in [-0.4, -0.2) is 41.4 Å². The highest BCUT2D eigenvalue weighted by molar-refractivity contribution is 6.14. The molecule has 0 bridgehead atoms. The SMILES string of the molecule is C#CCOc1ccc([N+](=O)[O-])cc1C=C1NC(=O)N(Cc2ccc(C(=O)OC)o2)C1=O. The Bertz CT molecular complexity index is 1140. The molecule has 3 rings (SSSR count). The van der Waals surface area contributed by atoms with E-state index in [9.17, 15) is 24.5 Å². The Kier molecular flexibility index (Phi) is 6.02. The predicted octanol–water partition coefficient (Wildman–Crippen LogP) is 2.08. The molecule has 31 heavy (non-hydrogen) atoms. The van der Waals surface area contributed by atoms with Gasteiger partial charge in [0.25, 0.3) is 11.6 Å². The molecule has 1 aromatic carbocycles. The number of amides is 3. The second-order valence-corrected chi connectivity index (χ2v) is 6.11. The lowest BCUT2D eigenvalue weighted by Gasteiger charge is -2.09. The summed E-state index contributed by atoms with van der Waals surface area (Å²) < 4.78 is 15.2. The molecule has 1 N–H and O–H groups in total. The number of carbonyl (C=O) groups is 3. The van der Waals surface area contributed by atoms with E-state index >= 15 is 0 Å². The van der Waals surface area contributed by atoms with E-state index in [2.05, 4.69) is 16.0 Å². The molecule has 1 fully saturated rings. The van der Waals surface area contributed by atoms with E-state index in [0.717, 1.165) is 4.90 Å². The lowest BCUT2D eigenvalue weighted by molar-refractivity contribution is -0.384. The van der Waals surface area contributed by atoms with Gasteiger partial charge in [-0.2, -0.15) is 0 Å². The molecule has 11 heteroatoms. The first-order valence-corrected chi connectivity index (χ1v) is 8.70. The van der Waals surface area contributed by atoms with Gasteiger partial charge in [-0.1, -0.05) is 5.92 Å². The number of esters is 1. The smallest absolute Gasteiger partial charge is 0.373 e. The third kappa shape index (κ3) is 4.54. The molecule has 0 radical (unpaired) electrons. The van der Waals surface area contributed by atoms with Gasteiger partial charge in [-0.25, -0.2) is 9.59 Å². The van der Waals surface area contributed by atoms with Crippen LogP contribution in [0.15, 0.2) is 40.4 Å². The van der Waals surface area contributed by atoms with Crippen LogP contribution < -0.4 is 10.1 Å². The molecule has 1 saturated heterocycles. The molecular formula is C20H15N3O8. The van der Waals surface area contributed by atoms with E-state index in [4.69, 9.17) is 15.6 Å². The zero-order valence-corrected chi connectivity index (χ0v) is 16.1. The number of hydrogen-bond acceptors (Lipinski definition) is 8. The second-order valence-electron chi connectivity index (χ2n) is 6.11. The van der Waals surface area contributed by atoms with E-state index < -0.39 is 22.8 Å². The van der Waals surface area contributed by atoms with Crippen LogP contribution in [0.2, 0.25) is 0 Å². The first-order chi connectivity index (χ1) is 14.8. The van der Waals surface area contributed by atoms with Crippen LogP contribution in [0.3, 0.4) is 0 Å². The molecule has 0 spiro atoms. The molecule has 0 atom stereocenters. The van der Waals surface area contributed by atoms with Gasteiger partial charge in [0.15, 0.2) is 0 Å². The lowest BCUT2D eigenvalue weighted by Crippen LogP contribution is -2.30. The van der Waals surface area contributed by atoms with Gasteiger partial charge in [0.1, 0.15) is 23.8 Å². The number of ether oxygens (including phenoxy) is 2. The minimum Gasteiger partial charge on any atom is -0.480 e. The molecule has 11 nitrogen and oxygen atoms in total. The van der Waals surface area contributed by atoms with E-state index in [1.807, 2.05) is 0 Å². The number of nitro groups is 1. The molecule has 2 aromatic rings. The third-order valence-corrected chi connectivity index (χ3v) is 4.14. The van der Waals surface area contributed by atoms with Gasteiger partial charge in [-0.15, -0.1) is 6.42 Å². The van der Waals surface area contributed by atoms with Crippen LogP contribution in [0.4, 0.5) is 10.5 Å². The number of carbonyl (C=O) groups excluding carboxylic acids is 3. The largest absolute Gasteiger partial charge is 0.480 e. The quantitative estimate of drug-likeness (QED) is 0.177. The Morgan fingerprint density at radius 2 is 2.13 bits per heavy atom. The molecule has 1 aromatic heterocycles. The molecule has 0 unspecified atom stereocenters. The van der Waals surface area contributed by atoms with E-state index in [-0.39, 0.29) is 47.4 Å². The van der Waals surface area contributed by atoms with Crippen LogP contribution >= 0.6 is 0 Å². The van der Waals surface area contributed by atoms with Gasteiger partial charge >= 0.3 is 12.0 Å². The number of nitrogens with zero attached hydrogens (tertiary/aromatic N) is 2. The Morgan fingerprint density at radius 1 is 1.35 bits per heavy atom. The van der Waals surface area contributed by atoms with Gasteiger partial charge in [0.2, 0.25) is 5.76 Å². The number of methoxy groups -OCH3 is 1. The molecule has 1 aliphatic rings. The zero-order valence-electron chi connectivity index (χ0n) is 16.1. The summed E-state index contributed by atoms with van der Waals surface area (Å²) in [5.41, 5.74) is -0.184. The van der Waals surface area contributed by atoms with Crippen LogP contribution in [0.1, 0.15) is 21.9 Å². The summed E-state index contributed by atoms with van der Waals surface area (Å²) in [6.45, 7) is -0.337. The van der Waals surface area contributed by atoms with Crippen molar-refractivity contribution in [2.75, 3.05) is 13.7 Å². The number of terminal acetylenes is 1. The number of nitro benzene ring substituents is 1. The molecule has 2 heterocycles. The van der Waals surface area contributed by atoms with Crippen molar-refractivity contribution in [3.8, 4) is 18.1 Å². The van der Waals surface area contributed by atoms with Gasteiger partial charge in [0.05, 0.1) is 18.6 Å². The van der Waals surface area contributed by atoms with Gasteiger partial charge in [-0.05, 0) is 24.3 Å². The minimum atomic E-state index is -0.733. The summed E-state index contributed by atoms with van der Waals surface area (Å²) in [4.78, 5) is 47.8. The summed E-state index contributed by atoms with van der Waals surface area (Å²) in [7, 11) is 1.19. The highest BCUT2D eigenvalue weighted by Crippen LogP contribution is 2.28. The van der Waals surface area contributed by atoms with Crippen LogP contribution in [0.25, 0.3) is 6.08 Å². The number of benzene rings is 1. The van der Waals surface area contributed by atoms with Crippen molar-refractivity contribution in [1.29, 1.82) is 0 Å². The maximum atomic E-state index is 12.7. The number of nitrogens with one attached hydrogen (secondary N) is 1. The maximum Gasteiger partial charge on any atom is 0.373 e. The highest BCUT2D eigenvalue weighted by atomic mass is 16.6. The summed E-state index contributed by atoms with van der Waals surface area (Å²) in [6.07, 6.45) is 6.43. The molecule has 158 valence electrons. The number of imide groups is 1. The number of furan rings is 1. The first kappa shape index (κ1) is 21.1. The number of rotatable bonds is 7. The van der Waals surface area contributed by atoms with Gasteiger partial charge < -0.3 is 19.2 Å². The minimum absolute atomic E-state index is 0.0766. The maximum absolute atomic E-state index is 12.7. The van der Waals surface area contributed by atoms with Crippen molar-refractivity contribution in [2.45, 2.75) is 6.54 Å². The molecular weight excluding hydrogens is 410 g/mol. The number of hydrogen-bond donors (Lipinski definition) is 1. The number of non-ortho nitro benzene ring substituents is 1. The summed E-state index contributed by atoms with van der Waals surface area (Å²) in [5.74, 6) is 1.18. The fraction of sp³-hybridized carbons (Fsp3) is 0.150. The Hall–Kier alpha value is -4.59. The monoisotopic (exact) mass is 425 g/mol. The standard InChI is InChI=1S/C20H15N3O8/c1-3-8-30-16-6-4-13(23(27)28)9-12(16)10-15-18(24)22(20(26)21-15)11-14-5-7-17(31-14)19(25)29-2/h1,4-7,9-10H,8,11H2,2H3,(H,21,26). The van der Waals surface area contributed by atoms with Crippen molar-refractivity contribution < 1.29 is 33.2 Å². The Morgan fingerprint density at radius 3 is 2.81 bits per heavy atom. The molecule has 0 aliphatic carbocycles. The first-order valence-electron chi connectivity index (χ1n) is 8.70. The van der Waals surface area contributed by atoms with Gasteiger partial charge in [-0.3, -0.25) is 19.8 Å². The Labute approximate surface area is 175 Å². The number of urea groups is 1. The Balaban J connectivity index is 1.86. The topological polar surface area (TPSA) is 141 Å². The van der Waals surface area contributed by atoms with Crippen LogP contribution in [0, 0.1) is 22.5 Å². The second kappa shape index (κ2) is 8.83. The molecule has 0 saturated carbocycles. The van der Waals surface area contributed by atoms with Crippen molar-refractivity contribution in [1.82, 2.24) is 10.2 Å². The van der Waals surface area contributed by atoms with Crippen molar-refractivity contribution >= 4 is 29.7 Å². The summed E-state index contributed by atoms with van der Waals surface area (Å²) >= 11 is 0. The lowest BCUT2D eigenvalue weighted by atomic mass is 10.1. The fourth-order valence-electron chi connectivity index (χ4n) is 2.71. The van der Waals surface area contributed by atoms with Crippen LogP contribution in [-0.2, 0) is 16.1 Å². The third-order valence-electron chi connectivity index (χ3n) is 4.14. The predicted molar refractivity (Wildman–Crippen MR) is 105 cm³/mol.